The lowest BCUT2D eigenvalue weighted by Crippen LogP contribution is -2.46. The van der Waals surface area contributed by atoms with Crippen LogP contribution in [0.2, 0.25) is 0 Å². The maximum atomic E-state index is 13.2. The predicted octanol–water partition coefficient (Wildman–Crippen LogP) is 15.2. The molecule has 0 rings (SSSR count). The molecule has 350 valence electrons. The molecule has 0 saturated carbocycles. The summed E-state index contributed by atoms with van der Waals surface area (Å²) in [4.78, 5) is 26.1. The third-order valence-corrected chi connectivity index (χ3v) is 11.1. The van der Waals surface area contributed by atoms with Gasteiger partial charge in [0.2, 0.25) is 5.91 Å². The van der Waals surface area contributed by atoms with E-state index in [1.54, 1.807) is 0 Å². The first kappa shape index (κ1) is 58.0. The van der Waals surface area contributed by atoms with Gasteiger partial charge in [-0.25, -0.2) is 0 Å². The second-order valence-electron chi connectivity index (χ2n) is 16.9. The van der Waals surface area contributed by atoms with E-state index in [1.807, 2.05) is 36.5 Å². The molecule has 0 heterocycles. The SMILES string of the molecule is CC/C=C/C=C/C=C\C=C/CCCC(CC(=O)NC(CO)C(O)CCCCCCCCCCCCCCCC)OC(=O)CCCCCC/C=C\C/C=C\C/C=C\CCCCC. The molecule has 6 heteroatoms. The summed E-state index contributed by atoms with van der Waals surface area (Å²) >= 11 is 0. The van der Waals surface area contributed by atoms with Crippen molar-refractivity contribution >= 4 is 11.9 Å². The van der Waals surface area contributed by atoms with Gasteiger partial charge in [0.25, 0.3) is 0 Å². The largest absolute Gasteiger partial charge is 0.462 e. The summed E-state index contributed by atoms with van der Waals surface area (Å²) in [6, 6.07) is -0.731. The van der Waals surface area contributed by atoms with Gasteiger partial charge in [-0.1, -0.05) is 221 Å². The van der Waals surface area contributed by atoms with Gasteiger partial charge in [-0.2, -0.15) is 0 Å². The molecule has 3 unspecified atom stereocenters. The summed E-state index contributed by atoms with van der Waals surface area (Å²) in [5.74, 6) is -0.573. The van der Waals surface area contributed by atoms with Crippen molar-refractivity contribution < 1.29 is 24.5 Å². The van der Waals surface area contributed by atoms with Crippen LogP contribution >= 0.6 is 0 Å². The molecule has 0 bridgehead atoms. The average molecular weight is 850 g/mol. The summed E-state index contributed by atoms with van der Waals surface area (Å²) in [5.41, 5.74) is 0. The van der Waals surface area contributed by atoms with Gasteiger partial charge in [-0.05, 0) is 77.0 Å². The predicted molar refractivity (Wildman–Crippen MR) is 264 cm³/mol. The van der Waals surface area contributed by atoms with E-state index in [-0.39, 0.29) is 24.9 Å². The van der Waals surface area contributed by atoms with E-state index in [1.165, 1.54) is 96.3 Å². The number of aliphatic hydroxyl groups excluding tert-OH is 2. The molecule has 0 aromatic rings. The molecule has 61 heavy (non-hydrogen) atoms. The smallest absolute Gasteiger partial charge is 0.306 e. The lowest BCUT2D eigenvalue weighted by Gasteiger charge is -2.24. The molecule has 0 aliphatic rings. The minimum absolute atomic E-state index is 0.0186. The van der Waals surface area contributed by atoms with Gasteiger partial charge in [0.05, 0.1) is 25.2 Å². The molecular weight excluding hydrogens is 755 g/mol. The fraction of sp³-hybridized carbons (Fsp3) is 0.709. The highest BCUT2D eigenvalue weighted by atomic mass is 16.5. The Bertz CT molecular complexity index is 1180. The Morgan fingerprint density at radius 3 is 1.54 bits per heavy atom. The Balaban J connectivity index is 4.64. The first-order chi connectivity index (χ1) is 30.0. The van der Waals surface area contributed by atoms with Crippen LogP contribution in [-0.4, -0.2) is 46.9 Å². The molecule has 0 aromatic heterocycles. The van der Waals surface area contributed by atoms with Crippen LogP contribution in [0.15, 0.2) is 85.1 Å². The number of aliphatic hydroxyl groups is 2. The monoisotopic (exact) mass is 850 g/mol. The Labute approximate surface area is 376 Å². The minimum atomic E-state index is -0.812. The van der Waals surface area contributed by atoms with Gasteiger partial charge in [-0.3, -0.25) is 9.59 Å². The van der Waals surface area contributed by atoms with Crippen LogP contribution in [0.1, 0.15) is 226 Å². The summed E-state index contributed by atoms with van der Waals surface area (Å²) < 4.78 is 5.87. The van der Waals surface area contributed by atoms with Gasteiger partial charge < -0.3 is 20.3 Å². The number of allylic oxidation sites excluding steroid dienone is 14. The number of rotatable bonds is 44. The number of carbonyl (C=O) groups is 2. The van der Waals surface area contributed by atoms with E-state index in [4.69, 9.17) is 4.74 Å². The number of hydrogen-bond donors (Lipinski definition) is 3. The Kier molecular flexibility index (Phi) is 45.7. The van der Waals surface area contributed by atoms with Crippen LogP contribution in [-0.2, 0) is 14.3 Å². The van der Waals surface area contributed by atoms with Crippen LogP contribution in [0.4, 0.5) is 0 Å². The average Bonchev–Trinajstić information content (AvgIpc) is 3.25. The lowest BCUT2D eigenvalue weighted by molar-refractivity contribution is -0.151. The summed E-state index contributed by atoms with van der Waals surface area (Å²) in [6.07, 6.45) is 62.2. The van der Waals surface area contributed by atoms with Crippen LogP contribution in [0.5, 0.6) is 0 Å². The molecule has 0 fully saturated rings. The van der Waals surface area contributed by atoms with Crippen molar-refractivity contribution in [2.75, 3.05) is 6.61 Å². The molecule has 0 spiro atoms. The van der Waals surface area contributed by atoms with Crippen LogP contribution in [0.3, 0.4) is 0 Å². The fourth-order valence-corrected chi connectivity index (χ4v) is 7.22. The number of nitrogens with one attached hydrogen (secondary N) is 1. The standard InChI is InChI=1S/C55H95NO5/c1-4-7-10-13-16-19-22-24-26-27-28-30-33-36-39-42-45-48-55(60)61-51(46-43-40-37-34-31-21-18-15-12-9-6-3)49-54(59)56-52(50-57)53(58)47-44-41-38-35-32-29-25-23-20-17-14-11-8-5-2/h9,12,15-16,18-19,21,24,26,28,30-31,34,37,51-53,57-58H,4-8,10-11,13-14,17,20,22-23,25,27,29,32-33,35-36,38-50H2,1-3H3,(H,56,59)/b12-9+,18-15+,19-16-,26-24-,30-28-,31-21-,37-34-. The van der Waals surface area contributed by atoms with Crippen molar-refractivity contribution in [1.82, 2.24) is 5.32 Å². The normalized spacial score (nSPS) is 14.0. The topological polar surface area (TPSA) is 95.9 Å². The van der Waals surface area contributed by atoms with E-state index in [0.29, 0.717) is 19.3 Å². The zero-order valence-electron chi connectivity index (χ0n) is 39.8. The molecule has 0 aliphatic carbocycles. The van der Waals surface area contributed by atoms with E-state index in [9.17, 15) is 19.8 Å². The van der Waals surface area contributed by atoms with E-state index in [0.717, 1.165) is 83.5 Å². The van der Waals surface area contributed by atoms with Gasteiger partial charge in [0.15, 0.2) is 0 Å². The molecule has 3 atom stereocenters. The molecule has 0 saturated heterocycles. The molecule has 0 aromatic carbocycles. The highest BCUT2D eigenvalue weighted by Gasteiger charge is 2.24. The van der Waals surface area contributed by atoms with Gasteiger partial charge in [-0.15, -0.1) is 0 Å². The first-order valence-electron chi connectivity index (χ1n) is 25.4. The Morgan fingerprint density at radius 1 is 0.508 bits per heavy atom. The van der Waals surface area contributed by atoms with Crippen LogP contribution in [0.25, 0.3) is 0 Å². The Morgan fingerprint density at radius 2 is 0.967 bits per heavy atom. The van der Waals surface area contributed by atoms with Crippen molar-refractivity contribution in [3.05, 3.63) is 85.1 Å². The van der Waals surface area contributed by atoms with Crippen LogP contribution in [0, 0.1) is 0 Å². The molecule has 0 aliphatic heterocycles. The second kappa shape index (κ2) is 48.1. The van der Waals surface area contributed by atoms with E-state index in [2.05, 4.69) is 74.7 Å². The number of ether oxygens (including phenoxy) is 1. The van der Waals surface area contributed by atoms with Crippen molar-refractivity contribution in [3.8, 4) is 0 Å². The van der Waals surface area contributed by atoms with Gasteiger partial charge >= 0.3 is 5.97 Å². The van der Waals surface area contributed by atoms with Gasteiger partial charge in [0.1, 0.15) is 6.10 Å². The minimum Gasteiger partial charge on any atom is -0.462 e. The van der Waals surface area contributed by atoms with E-state index < -0.39 is 18.2 Å². The number of esters is 1. The Hall–Kier alpha value is -2.96. The number of carbonyl (C=O) groups excluding carboxylic acids is 2. The zero-order chi connectivity index (χ0) is 44.5. The number of amides is 1. The fourth-order valence-electron chi connectivity index (χ4n) is 7.22. The van der Waals surface area contributed by atoms with Crippen molar-refractivity contribution in [1.29, 1.82) is 0 Å². The van der Waals surface area contributed by atoms with Crippen molar-refractivity contribution in [2.24, 2.45) is 0 Å². The molecule has 0 radical (unpaired) electrons. The number of unbranched alkanes of at least 4 members (excludes halogenated alkanes) is 21. The lowest BCUT2D eigenvalue weighted by atomic mass is 10.0. The first-order valence-corrected chi connectivity index (χ1v) is 25.4. The van der Waals surface area contributed by atoms with Crippen LogP contribution < -0.4 is 5.32 Å². The van der Waals surface area contributed by atoms with Crippen molar-refractivity contribution in [2.45, 2.75) is 244 Å². The maximum Gasteiger partial charge on any atom is 0.306 e. The molecular formula is C55H95NO5. The summed E-state index contributed by atoms with van der Waals surface area (Å²) in [6.45, 7) is 6.28. The molecule has 1 amide bonds. The van der Waals surface area contributed by atoms with E-state index >= 15 is 0 Å². The third-order valence-electron chi connectivity index (χ3n) is 11.1. The zero-order valence-corrected chi connectivity index (χ0v) is 39.8. The third kappa shape index (κ3) is 43.5. The quantitative estimate of drug-likeness (QED) is 0.0246. The van der Waals surface area contributed by atoms with Gasteiger partial charge in [0, 0.05) is 6.42 Å². The summed E-state index contributed by atoms with van der Waals surface area (Å²) in [5, 5.41) is 23.7. The molecule has 3 N–H and O–H groups in total. The van der Waals surface area contributed by atoms with Crippen molar-refractivity contribution in [3.63, 3.8) is 0 Å². The summed E-state index contributed by atoms with van der Waals surface area (Å²) in [7, 11) is 0. The number of hydrogen-bond acceptors (Lipinski definition) is 5. The highest BCUT2D eigenvalue weighted by Crippen LogP contribution is 2.17. The second-order valence-corrected chi connectivity index (χ2v) is 16.9. The maximum absolute atomic E-state index is 13.2. The molecule has 6 nitrogen and oxygen atoms in total. The highest BCUT2D eigenvalue weighted by molar-refractivity contribution is 5.77.